The number of aliphatic hydroxyl groups excluding tert-OH is 1. The van der Waals surface area contributed by atoms with Crippen LogP contribution < -0.4 is 5.32 Å². The molecule has 0 radical (unpaired) electrons. The highest BCUT2D eigenvalue weighted by Crippen LogP contribution is 2.50. The second-order valence-corrected chi connectivity index (χ2v) is 7.15. The van der Waals surface area contributed by atoms with Crippen LogP contribution in [0.3, 0.4) is 0 Å². The first-order valence-electron chi connectivity index (χ1n) is 9.16. The number of amides is 1. The molecule has 1 aliphatic carbocycles. The van der Waals surface area contributed by atoms with Gasteiger partial charge in [-0.15, -0.1) is 0 Å². The average molecular weight is 325 g/mol. The van der Waals surface area contributed by atoms with Gasteiger partial charge in [0, 0.05) is 57.6 Å². The summed E-state index contributed by atoms with van der Waals surface area (Å²) in [5.41, 5.74) is -0.0188. The lowest BCUT2D eigenvalue weighted by Gasteiger charge is -2.56. The Morgan fingerprint density at radius 3 is 2.57 bits per heavy atom. The van der Waals surface area contributed by atoms with Gasteiger partial charge in [0.1, 0.15) is 0 Å². The van der Waals surface area contributed by atoms with E-state index < -0.39 is 0 Å². The van der Waals surface area contributed by atoms with E-state index in [-0.39, 0.29) is 23.5 Å². The first-order valence-corrected chi connectivity index (χ1v) is 9.16. The third-order valence-electron chi connectivity index (χ3n) is 6.01. The number of aliphatic hydroxyl groups is 1. The van der Waals surface area contributed by atoms with Crippen molar-refractivity contribution in [3.8, 4) is 0 Å². The van der Waals surface area contributed by atoms with Gasteiger partial charge in [-0.2, -0.15) is 0 Å². The number of nitrogens with one attached hydrogen (secondary N) is 1. The Bertz CT molecular complexity index is 402. The summed E-state index contributed by atoms with van der Waals surface area (Å²) in [5, 5.41) is 13.5. The average Bonchev–Trinajstić information content (AvgIpc) is 2.60. The van der Waals surface area contributed by atoms with Gasteiger partial charge in [-0.3, -0.25) is 4.79 Å². The van der Waals surface area contributed by atoms with Crippen molar-refractivity contribution in [1.29, 1.82) is 0 Å². The van der Waals surface area contributed by atoms with Crippen LogP contribution in [0.4, 0.5) is 0 Å². The van der Waals surface area contributed by atoms with Crippen molar-refractivity contribution in [3.05, 3.63) is 0 Å². The number of likely N-dealkylation sites (tertiary alicyclic amines) is 1. The maximum Gasteiger partial charge on any atom is 0.223 e. The zero-order chi connectivity index (χ0) is 16.3. The van der Waals surface area contributed by atoms with Gasteiger partial charge in [-0.25, -0.2) is 0 Å². The molecule has 6 nitrogen and oxygen atoms in total. The number of ether oxygens (including phenoxy) is 1. The number of carbonyl (C=O) groups is 1. The molecular weight excluding hydrogens is 294 g/mol. The van der Waals surface area contributed by atoms with Gasteiger partial charge in [0.05, 0.1) is 12.2 Å². The second-order valence-electron chi connectivity index (χ2n) is 7.15. The second kappa shape index (κ2) is 7.47. The minimum Gasteiger partial charge on any atom is -0.392 e. The van der Waals surface area contributed by atoms with Crippen LogP contribution in [0.15, 0.2) is 0 Å². The number of hydrogen-bond acceptors (Lipinski definition) is 5. The highest BCUT2D eigenvalue weighted by Gasteiger charge is 2.55. The molecule has 2 heterocycles. The Balaban J connectivity index is 1.41. The third kappa shape index (κ3) is 3.55. The fourth-order valence-corrected chi connectivity index (χ4v) is 4.34. The molecule has 23 heavy (non-hydrogen) atoms. The number of piperazine rings is 1. The minimum atomic E-state index is -0.205. The van der Waals surface area contributed by atoms with Crippen molar-refractivity contribution < 1.29 is 14.6 Å². The molecule has 132 valence electrons. The fraction of sp³-hybridized carbons (Fsp3) is 0.941. The molecular formula is C17H31N3O3. The first-order chi connectivity index (χ1) is 11.2. The van der Waals surface area contributed by atoms with Crippen LogP contribution in [0, 0.1) is 5.41 Å². The molecule has 0 aromatic rings. The van der Waals surface area contributed by atoms with Crippen LogP contribution >= 0.6 is 0 Å². The van der Waals surface area contributed by atoms with E-state index in [4.69, 9.17) is 4.74 Å². The molecule has 6 heteroatoms. The summed E-state index contributed by atoms with van der Waals surface area (Å²) in [7, 11) is 0. The van der Waals surface area contributed by atoms with E-state index in [1.807, 2.05) is 11.8 Å². The summed E-state index contributed by atoms with van der Waals surface area (Å²) in [4.78, 5) is 16.6. The first kappa shape index (κ1) is 17.1. The molecule has 1 amide bonds. The van der Waals surface area contributed by atoms with Gasteiger partial charge in [0.2, 0.25) is 5.91 Å². The predicted molar refractivity (Wildman–Crippen MR) is 88.2 cm³/mol. The van der Waals surface area contributed by atoms with Crippen molar-refractivity contribution in [2.75, 3.05) is 52.4 Å². The normalized spacial score (nSPS) is 31.1. The number of hydrogen-bond donors (Lipinski definition) is 2. The van der Waals surface area contributed by atoms with E-state index in [1.54, 1.807) is 0 Å². The van der Waals surface area contributed by atoms with E-state index in [0.29, 0.717) is 6.42 Å². The van der Waals surface area contributed by atoms with E-state index in [9.17, 15) is 9.90 Å². The van der Waals surface area contributed by atoms with E-state index >= 15 is 0 Å². The molecule has 3 aliphatic rings. The highest BCUT2D eigenvalue weighted by molar-refractivity contribution is 5.76. The van der Waals surface area contributed by atoms with Crippen molar-refractivity contribution in [1.82, 2.24) is 15.1 Å². The molecule has 1 saturated carbocycles. The van der Waals surface area contributed by atoms with Gasteiger partial charge < -0.3 is 25.0 Å². The Kier molecular flexibility index (Phi) is 5.57. The number of piperidine rings is 1. The molecule has 1 spiro atoms. The van der Waals surface area contributed by atoms with Crippen molar-refractivity contribution >= 4 is 5.91 Å². The smallest absolute Gasteiger partial charge is 0.223 e. The molecule has 2 aliphatic heterocycles. The van der Waals surface area contributed by atoms with Crippen LogP contribution in [0.2, 0.25) is 0 Å². The van der Waals surface area contributed by atoms with Crippen LogP contribution in [-0.2, 0) is 9.53 Å². The molecule has 2 N–H and O–H groups in total. The SMILES string of the molecule is CCOC1CC(O)C12CCN(CCC(=O)N1CCNCC1)CC2. The Morgan fingerprint density at radius 2 is 1.96 bits per heavy atom. The number of carbonyl (C=O) groups excluding carboxylic acids is 1. The van der Waals surface area contributed by atoms with E-state index in [0.717, 1.165) is 71.7 Å². The van der Waals surface area contributed by atoms with Crippen molar-refractivity contribution in [2.24, 2.45) is 5.41 Å². The number of nitrogens with zero attached hydrogens (tertiary/aromatic N) is 2. The van der Waals surface area contributed by atoms with Gasteiger partial charge in [-0.1, -0.05) is 0 Å². The largest absolute Gasteiger partial charge is 0.392 e. The maximum atomic E-state index is 12.2. The summed E-state index contributed by atoms with van der Waals surface area (Å²) in [6.45, 7) is 9.02. The van der Waals surface area contributed by atoms with Crippen LogP contribution in [0.1, 0.15) is 32.6 Å². The molecule has 3 rings (SSSR count). The van der Waals surface area contributed by atoms with Gasteiger partial charge in [0.15, 0.2) is 0 Å². The van der Waals surface area contributed by atoms with E-state index in [2.05, 4.69) is 10.2 Å². The van der Waals surface area contributed by atoms with Crippen LogP contribution in [-0.4, -0.2) is 85.4 Å². The Labute approximate surface area is 139 Å². The lowest BCUT2D eigenvalue weighted by molar-refractivity contribution is -0.209. The van der Waals surface area contributed by atoms with E-state index in [1.165, 1.54) is 0 Å². The Morgan fingerprint density at radius 1 is 1.26 bits per heavy atom. The molecule has 3 fully saturated rings. The lowest BCUT2D eigenvalue weighted by atomic mass is 9.58. The summed E-state index contributed by atoms with van der Waals surface area (Å²) in [5.74, 6) is 0.280. The van der Waals surface area contributed by atoms with Crippen LogP contribution in [0.5, 0.6) is 0 Å². The van der Waals surface area contributed by atoms with Gasteiger partial charge >= 0.3 is 0 Å². The molecule has 2 atom stereocenters. The standard InChI is InChI=1S/C17H31N3O3/c1-2-23-15-13-14(21)17(15)4-9-19(10-5-17)8-3-16(22)20-11-6-18-7-12-20/h14-15,18,21H,2-13H2,1H3. The summed E-state index contributed by atoms with van der Waals surface area (Å²) in [6.07, 6.45) is 3.40. The summed E-state index contributed by atoms with van der Waals surface area (Å²) in [6, 6.07) is 0. The summed E-state index contributed by atoms with van der Waals surface area (Å²) < 4.78 is 5.81. The van der Waals surface area contributed by atoms with Gasteiger partial charge in [0.25, 0.3) is 0 Å². The van der Waals surface area contributed by atoms with Crippen molar-refractivity contribution in [3.63, 3.8) is 0 Å². The minimum absolute atomic E-state index is 0.0188. The molecule has 2 saturated heterocycles. The predicted octanol–water partition coefficient (Wildman–Crippen LogP) is 0.0602. The lowest BCUT2D eigenvalue weighted by Crippen LogP contribution is -2.62. The third-order valence-corrected chi connectivity index (χ3v) is 6.01. The number of rotatable bonds is 5. The quantitative estimate of drug-likeness (QED) is 0.748. The zero-order valence-corrected chi connectivity index (χ0v) is 14.3. The molecule has 0 aromatic carbocycles. The highest BCUT2D eigenvalue weighted by atomic mass is 16.5. The monoisotopic (exact) mass is 325 g/mol. The zero-order valence-electron chi connectivity index (χ0n) is 14.3. The molecule has 0 bridgehead atoms. The molecule has 2 unspecified atom stereocenters. The Hall–Kier alpha value is -0.690. The van der Waals surface area contributed by atoms with Gasteiger partial charge in [-0.05, 0) is 32.9 Å². The summed E-state index contributed by atoms with van der Waals surface area (Å²) >= 11 is 0. The topological polar surface area (TPSA) is 65.0 Å². The van der Waals surface area contributed by atoms with Crippen molar-refractivity contribution in [2.45, 2.75) is 44.8 Å². The maximum absolute atomic E-state index is 12.2. The fourth-order valence-electron chi connectivity index (χ4n) is 4.34. The van der Waals surface area contributed by atoms with Crippen LogP contribution in [0.25, 0.3) is 0 Å². The molecule has 0 aromatic heterocycles.